The molecule has 3 aromatic carbocycles. The second-order valence-corrected chi connectivity index (χ2v) is 17.2. The van der Waals surface area contributed by atoms with E-state index >= 15 is 0 Å². The Balaban J connectivity index is 1.27. The topological polar surface area (TPSA) is 124 Å². The van der Waals surface area contributed by atoms with E-state index in [0.29, 0.717) is 19.4 Å². The van der Waals surface area contributed by atoms with Crippen LogP contribution in [0, 0.1) is 0 Å². The quantitative estimate of drug-likeness (QED) is 0.170. The van der Waals surface area contributed by atoms with Gasteiger partial charge in [0.05, 0.1) is 21.8 Å². The summed E-state index contributed by atoms with van der Waals surface area (Å²) in [4.78, 5) is 4.86. The van der Waals surface area contributed by atoms with Crippen LogP contribution in [0.4, 0.5) is 11.4 Å². The molecule has 0 spiro atoms. The smallest absolute Gasteiger partial charge is 0.286 e. The van der Waals surface area contributed by atoms with Gasteiger partial charge < -0.3 is 0 Å². The van der Waals surface area contributed by atoms with E-state index < -0.39 is 25.7 Å². The average Bonchev–Trinajstić information content (AvgIpc) is 3.40. The zero-order valence-electron chi connectivity index (χ0n) is 27.5. The van der Waals surface area contributed by atoms with E-state index in [9.17, 15) is 25.9 Å². The summed E-state index contributed by atoms with van der Waals surface area (Å²) in [5, 5.41) is 2.37. The van der Waals surface area contributed by atoms with Gasteiger partial charge >= 0.3 is 0 Å². The van der Waals surface area contributed by atoms with Gasteiger partial charge in [-0.05, 0) is 78.8 Å². The first-order chi connectivity index (χ1) is 22.5. The molecule has 0 fully saturated rings. The summed E-state index contributed by atoms with van der Waals surface area (Å²) >= 11 is 7.07. The van der Waals surface area contributed by atoms with Crippen LogP contribution in [0.15, 0.2) is 98.9 Å². The first-order valence-corrected chi connectivity index (χ1v) is 19.5. The molecule has 0 amide bonds. The molecule has 48 heavy (non-hydrogen) atoms. The van der Waals surface area contributed by atoms with Gasteiger partial charge in [0.15, 0.2) is 5.71 Å². The summed E-state index contributed by atoms with van der Waals surface area (Å²) in [5.74, 6) is -0.299. The third-order valence-electron chi connectivity index (χ3n) is 9.89. The van der Waals surface area contributed by atoms with Crippen molar-refractivity contribution in [3.8, 4) is 0 Å². The summed E-state index contributed by atoms with van der Waals surface area (Å²) in [6.07, 6.45) is 9.92. The minimum absolute atomic E-state index is 0.135. The molecule has 3 aromatic rings. The first kappa shape index (κ1) is 34.5. The summed E-state index contributed by atoms with van der Waals surface area (Å²) in [5.41, 5.74) is 7.51. The number of para-hydroxylation sites is 1. The maximum atomic E-state index is 11.7. The lowest BCUT2D eigenvalue weighted by Gasteiger charge is -2.24. The van der Waals surface area contributed by atoms with Crippen LogP contribution in [0.3, 0.4) is 0 Å². The Morgan fingerprint density at radius 3 is 2.42 bits per heavy atom. The van der Waals surface area contributed by atoms with Crippen molar-refractivity contribution >= 4 is 65.4 Å². The lowest BCUT2D eigenvalue weighted by Crippen LogP contribution is -2.28. The molecule has 0 radical (unpaired) electrons. The molecule has 0 saturated heterocycles. The Kier molecular flexibility index (Phi) is 8.96. The van der Waals surface area contributed by atoms with Crippen molar-refractivity contribution in [2.45, 2.75) is 75.5 Å². The fourth-order valence-corrected chi connectivity index (χ4v) is 8.71. The Morgan fingerprint density at radius 2 is 1.69 bits per heavy atom. The van der Waals surface area contributed by atoms with Gasteiger partial charge in [-0.1, -0.05) is 67.9 Å². The number of hydrogen-bond acceptors (Lipinski definition) is 5. The van der Waals surface area contributed by atoms with Gasteiger partial charge in [0.2, 0.25) is 5.69 Å². The normalized spacial score (nSPS) is 19.8. The average molecular weight is 708 g/mol. The molecule has 252 valence electrons. The molecule has 2 aliphatic heterocycles. The highest BCUT2D eigenvalue weighted by atomic mass is 35.5. The van der Waals surface area contributed by atoms with Gasteiger partial charge in [-0.25, -0.2) is 0 Å². The number of benzene rings is 3. The molecule has 3 aliphatic rings. The molecule has 0 unspecified atom stereocenters. The molecule has 0 atom stereocenters. The van der Waals surface area contributed by atoms with Crippen LogP contribution in [-0.2, 0) is 31.1 Å². The van der Waals surface area contributed by atoms with Crippen LogP contribution in [0.25, 0.3) is 10.8 Å². The Bertz CT molecular complexity index is 2230. The maximum Gasteiger partial charge on any atom is 0.294 e. The van der Waals surface area contributed by atoms with Gasteiger partial charge in [-0.15, -0.1) is 0 Å². The molecule has 0 aromatic heterocycles. The van der Waals surface area contributed by atoms with Crippen LogP contribution in [-0.4, -0.2) is 54.2 Å². The van der Waals surface area contributed by atoms with Crippen LogP contribution in [0.2, 0.25) is 0 Å². The van der Waals surface area contributed by atoms with Gasteiger partial charge in [-0.2, -0.15) is 21.4 Å². The third-order valence-corrected chi connectivity index (χ3v) is 12.0. The standard InChI is InChI=1S/C37H39ClN2O6S2/c1-36(2)29-11-5-6-12-31(29)40(21-8-22-47(41,42)43)33(36)20-15-25-10-7-9-24(35(25)38)14-19-32-37(3,4)34-28-17-16-27(48(44,45)46)23-26(28)13-18-30(34)39-32/h5-6,11-18,20,23H,7-10,19,21-22H2,1-4H3,(H-,41,42,43,44,45,46)/p+1. The number of fused-ring (bicyclic) bond motifs is 4. The molecule has 2 N–H and O–H groups in total. The highest BCUT2D eigenvalue weighted by Crippen LogP contribution is 2.46. The largest absolute Gasteiger partial charge is 0.294 e. The Morgan fingerprint density at radius 1 is 0.938 bits per heavy atom. The predicted octanol–water partition coefficient (Wildman–Crippen LogP) is 8.35. The van der Waals surface area contributed by atoms with Crippen LogP contribution < -0.4 is 0 Å². The molecule has 8 nitrogen and oxygen atoms in total. The van der Waals surface area contributed by atoms with Gasteiger partial charge in [0, 0.05) is 46.7 Å². The zero-order chi connectivity index (χ0) is 34.6. The number of allylic oxidation sites excluding steroid dienone is 6. The van der Waals surface area contributed by atoms with Crippen molar-refractivity contribution < 1.29 is 30.5 Å². The minimum atomic E-state index is -4.31. The number of nitrogens with zero attached hydrogens (tertiary/aromatic N) is 2. The fraction of sp³-hybridized carbons (Fsp3) is 0.351. The number of halogens is 1. The molecular formula is C37H40ClN2O6S2+. The molecule has 0 saturated carbocycles. The predicted molar refractivity (Wildman–Crippen MR) is 193 cm³/mol. The van der Waals surface area contributed by atoms with E-state index in [4.69, 9.17) is 16.6 Å². The van der Waals surface area contributed by atoms with Gasteiger partial charge in [0.25, 0.3) is 20.2 Å². The lowest BCUT2D eigenvalue weighted by molar-refractivity contribution is -0.437. The monoisotopic (exact) mass is 707 g/mol. The second-order valence-electron chi connectivity index (χ2n) is 13.8. The molecule has 11 heteroatoms. The first-order valence-electron chi connectivity index (χ1n) is 16.1. The molecule has 6 rings (SSSR count). The highest BCUT2D eigenvalue weighted by molar-refractivity contribution is 7.86. The molecule has 1 aliphatic carbocycles. The van der Waals surface area contributed by atoms with E-state index in [1.807, 2.05) is 30.3 Å². The molecule has 2 heterocycles. The van der Waals surface area contributed by atoms with Crippen molar-refractivity contribution in [1.29, 1.82) is 0 Å². The van der Waals surface area contributed by atoms with E-state index in [0.717, 1.165) is 80.1 Å². The van der Waals surface area contributed by atoms with E-state index in [-0.39, 0.29) is 16.1 Å². The van der Waals surface area contributed by atoms with Crippen molar-refractivity contribution in [3.63, 3.8) is 0 Å². The van der Waals surface area contributed by atoms with Crippen LogP contribution >= 0.6 is 11.6 Å². The van der Waals surface area contributed by atoms with Gasteiger partial charge in [-0.3, -0.25) is 14.1 Å². The van der Waals surface area contributed by atoms with Crippen molar-refractivity contribution in [3.05, 3.63) is 100 Å². The van der Waals surface area contributed by atoms with E-state index in [2.05, 4.69) is 56.6 Å². The fourth-order valence-electron chi connectivity index (χ4n) is 7.37. The minimum Gasteiger partial charge on any atom is -0.286 e. The van der Waals surface area contributed by atoms with Crippen LogP contribution in [0.5, 0.6) is 0 Å². The van der Waals surface area contributed by atoms with Crippen molar-refractivity contribution in [2.24, 2.45) is 4.99 Å². The Labute approximate surface area is 287 Å². The third kappa shape index (κ3) is 6.48. The SMILES string of the molecule is CC1(C)C(C=CC2=C(Cl)C(=CCC3=Nc4ccc5cc(S(=O)(=O)O)ccc5c4C3(C)C)CCC2)=[N+](CCCS(=O)(=O)O)c2ccccc21. The maximum absolute atomic E-state index is 11.7. The van der Waals surface area contributed by atoms with Crippen molar-refractivity contribution in [1.82, 2.24) is 0 Å². The summed E-state index contributed by atoms with van der Waals surface area (Å²) < 4.78 is 67.3. The highest BCUT2D eigenvalue weighted by Gasteiger charge is 2.44. The van der Waals surface area contributed by atoms with Gasteiger partial charge in [0.1, 0.15) is 6.54 Å². The summed E-state index contributed by atoms with van der Waals surface area (Å²) in [7, 11) is -8.36. The molecule has 0 bridgehead atoms. The summed E-state index contributed by atoms with van der Waals surface area (Å²) in [6, 6.07) is 16.5. The number of rotatable bonds is 9. The Hall–Kier alpha value is -3.41. The number of hydrogen-bond donors (Lipinski definition) is 2. The van der Waals surface area contributed by atoms with Crippen molar-refractivity contribution in [2.75, 3.05) is 12.3 Å². The lowest BCUT2D eigenvalue weighted by atomic mass is 9.78. The molecular weight excluding hydrogens is 668 g/mol. The van der Waals surface area contributed by atoms with E-state index in [1.165, 1.54) is 12.1 Å². The number of aliphatic imine (C=N–C) groups is 1. The van der Waals surface area contributed by atoms with Crippen LogP contribution in [0.1, 0.15) is 70.9 Å². The zero-order valence-corrected chi connectivity index (χ0v) is 29.9. The second kappa shape index (κ2) is 12.5. The summed E-state index contributed by atoms with van der Waals surface area (Å²) in [6.45, 7) is 9.03. The van der Waals surface area contributed by atoms with E-state index in [1.54, 1.807) is 6.07 Å².